The molecule has 1 N–H and O–H groups in total. The number of aromatic carboxylic acids is 1. The van der Waals surface area contributed by atoms with Crippen molar-refractivity contribution in [1.29, 1.82) is 0 Å². The molecular formula is C10H7ClO3S. The van der Waals surface area contributed by atoms with Gasteiger partial charge in [-0.15, -0.1) is 11.3 Å². The number of carbonyl (C=O) groups is 1. The summed E-state index contributed by atoms with van der Waals surface area (Å²) < 4.78 is 5.87. The van der Waals surface area contributed by atoms with Gasteiger partial charge in [0.25, 0.3) is 0 Å². The van der Waals surface area contributed by atoms with Crippen molar-refractivity contribution in [1.82, 2.24) is 0 Å². The number of carboxylic acid groups (broad SMARTS) is 1. The summed E-state index contributed by atoms with van der Waals surface area (Å²) in [5.74, 6) is -0.313. The van der Waals surface area contributed by atoms with E-state index in [1.165, 1.54) is 0 Å². The molecule has 78 valence electrons. The number of carboxylic acids is 1. The van der Waals surface area contributed by atoms with Gasteiger partial charge in [0, 0.05) is 5.39 Å². The fourth-order valence-corrected chi connectivity index (χ4v) is 2.55. The second-order valence-electron chi connectivity index (χ2n) is 2.91. The largest absolute Gasteiger partial charge is 0.496 e. The molecule has 0 saturated carbocycles. The normalized spacial score (nSPS) is 10.5. The molecule has 0 saturated heterocycles. The maximum atomic E-state index is 10.8. The Balaban J connectivity index is 2.77. The predicted molar refractivity (Wildman–Crippen MR) is 60.3 cm³/mol. The van der Waals surface area contributed by atoms with Crippen molar-refractivity contribution >= 4 is 39.0 Å². The number of thiophene rings is 1. The summed E-state index contributed by atoms with van der Waals surface area (Å²) in [6.45, 7) is 0. The molecule has 0 radical (unpaired) electrons. The Morgan fingerprint density at radius 2 is 2.27 bits per heavy atom. The van der Waals surface area contributed by atoms with E-state index in [9.17, 15) is 4.79 Å². The quantitative estimate of drug-likeness (QED) is 0.879. The average molecular weight is 243 g/mol. The smallest absolute Gasteiger partial charge is 0.345 e. The summed E-state index contributed by atoms with van der Waals surface area (Å²) in [7, 11) is 1.54. The van der Waals surface area contributed by atoms with E-state index in [4.69, 9.17) is 21.4 Å². The molecule has 3 nitrogen and oxygen atoms in total. The molecule has 0 aliphatic heterocycles. The Kier molecular flexibility index (Phi) is 2.54. The Morgan fingerprint density at radius 3 is 2.87 bits per heavy atom. The van der Waals surface area contributed by atoms with Crippen LogP contribution in [0.1, 0.15) is 9.67 Å². The van der Waals surface area contributed by atoms with Crippen molar-refractivity contribution in [3.05, 3.63) is 28.1 Å². The fourth-order valence-electron chi connectivity index (χ4n) is 1.35. The van der Waals surface area contributed by atoms with E-state index in [0.717, 1.165) is 21.4 Å². The summed E-state index contributed by atoms with van der Waals surface area (Å²) >= 11 is 7.12. The average Bonchev–Trinajstić information content (AvgIpc) is 2.64. The van der Waals surface area contributed by atoms with Gasteiger partial charge < -0.3 is 9.84 Å². The molecule has 0 bridgehead atoms. The summed E-state index contributed by atoms with van der Waals surface area (Å²) in [6.07, 6.45) is 0. The number of methoxy groups -OCH3 is 1. The minimum Gasteiger partial charge on any atom is -0.496 e. The van der Waals surface area contributed by atoms with E-state index < -0.39 is 5.97 Å². The molecular weight excluding hydrogens is 236 g/mol. The van der Waals surface area contributed by atoms with Gasteiger partial charge >= 0.3 is 5.97 Å². The van der Waals surface area contributed by atoms with Crippen LogP contribution in [0.25, 0.3) is 10.1 Å². The van der Waals surface area contributed by atoms with Crippen LogP contribution in [0.5, 0.6) is 5.75 Å². The molecule has 15 heavy (non-hydrogen) atoms. The molecule has 2 rings (SSSR count). The van der Waals surface area contributed by atoms with E-state index >= 15 is 0 Å². The molecule has 2 aromatic rings. The van der Waals surface area contributed by atoms with Gasteiger partial charge in [0.2, 0.25) is 0 Å². The number of hydrogen-bond acceptors (Lipinski definition) is 3. The van der Waals surface area contributed by atoms with Crippen molar-refractivity contribution in [2.24, 2.45) is 0 Å². The van der Waals surface area contributed by atoms with Gasteiger partial charge in [-0.1, -0.05) is 11.6 Å². The zero-order chi connectivity index (χ0) is 11.0. The van der Waals surface area contributed by atoms with Crippen LogP contribution in [0.3, 0.4) is 0 Å². The zero-order valence-electron chi connectivity index (χ0n) is 7.78. The molecule has 1 aromatic heterocycles. The summed E-state index contributed by atoms with van der Waals surface area (Å²) in [4.78, 5) is 11.1. The number of halogens is 1. The first-order valence-electron chi connectivity index (χ1n) is 4.13. The SMILES string of the molecule is COc1ccc(Cl)c2sc(C(=O)O)cc12. The van der Waals surface area contributed by atoms with Crippen molar-refractivity contribution in [2.45, 2.75) is 0 Å². The Labute approximate surface area is 94.9 Å². The Hall–Kier alpha value is -1.26. The summed E-state index contributed by atoms with van der Waals surface area (Å²) in [5.41, 5.74) is 0. The number of hydrogen-bond donors (Lipinski definition) is 1. The Morgan fingerprint density at radius 1 is 1.53 bits per heavy atom. The maximum absolute atomic E-state index is 10.8. The van der Waals surface area contributed by atoms with Crippen LogP contribution in [-0.4, -0.2) is 18.2 Å². The van der Waals surface area contributed by atoms with Crippen molar-refractivity contribution in [3.63, 3.8) is 0 Å². The van der Waals surface area contributed by atoms with E-state index in [1.54, 1.807) is 25.3 Å². The van der Waals surface area contributed by atoms with Gasteiger partial charge in [-0.2, -0.15) is 0 Å². The highest BCUT2D eigenvalue weighted by molar-refractivity contribution is 7.21. The van der Waals surface area contributed by atoms with Crippen LogP contribution >= 0.6 is 22.9 Å². The molecule has 0 spiro atoms. The molecule has 5 heteroatoms. The minimum absolute atomic E-state index is 0.261. The highest BCUT2D eigenvalue weighted by atomic mass is 35.5. The van der Waals surface area contributed by atoms with Gasteiger partial charge in [-0.25, -0.2) is 4.79 Å². The molecule has 0 atom stereocenters. The fraction of sp³-hybridized carbons (Fsp3) is 0.100. The van der Waals surface area contributed by atoms with Crippen LogP contribution in [-0.2, 0) is 0 Å². The second kappa shape index (κ2) is 3.72. The monoisotopic (exact) mass is 242 g/mol. The zero-order valence-corrected chi connectivity index (χ0v) is 9.35. The molecule has 0 aliphatic carbocycles. The lowest BCUT2D eigenvalue weighted by Gasteiger charge is -2.01. The predicted octanol–water partition coefficient (Wildman–Crippen LogP) is 3.26. The highest BCUT2D eigenvalue weighted by Gasteiger charge is 2.13. The molecule has 0 aliphatic rings. The van der Waals surface area contributed by atoms with E-state index in [0.29, 0.717) is 10.8 Å². The first-order chi connectivity index (χ1) is 7.13. The third kappa shape index (κ3) is 1.66. The minimum atomic E-state index is -0.950. The van der Waals surface area contributed by atoms with Crippen molar-refractivity contribution in [2.75, 3.05) is 7.11 Å². The molecule has 1 aromatic carbocycles. The third-order valence-corrected chi connectivity index (χ3v) is 3.61. The van der Waals surface area contributed by atoms with E-state index in [-0.39, 0.29) is 4.88 Å². The second-order valence-corrected chi connectivity index (χ2v) is 4.37. The van der Waals surface area contributed by atoms with Gasteiger partial charge in [0.1, 0.15) is 10.6 Å². The highest BCUT2D eigenvalue weighted by Crippen LogP contribution is 2.37. The van der Waals surface area contributed by atoms with Gasteiger partial charge in [-0.3, -0.25) is 0 Å². The Bertz CT molecular complexity index is 533. The lowest BCUT2D eigenvalue weighted by molar-refractivity contribution is 0.0702. The molecule has 0 fully saturated rings. The van der Waals surface area contributed by atoms with E-state index in [1.807, 2.05) is 0 Å². The standard InChI is InChI=1S/C10H7ClO3S/c1-14-7-3-2-6(11)9-5(7)4-8(15-9)10(12)13/h2-4H,1H3,(H,12,13). The molecule has 0 unspecified atom stereocenters. The van der Waals surface area contributed by atoms with Crippen LogP contribution in [0, 0.1) is 0 Å². The van der Waals surface area contributed by atoms with Crippen LogP contribution in [0.2, 0.25) is 5.02 Å². The first-order valence-corrected chi connectivity index (χ1v) is 5.32. The maximum Gasteiger partial charge on any atom is 0.345 e. The molecule has 0 amide bonds. The van der Waals surface area contributed by atoms with E-state index in [2.05, 4.69) is 0 Å². The lowest BCUT2D eigenvalue weighted by atomic mass is 10.2. The number of benzene rings is 1. The van der Waals surface area contributed by atoms with Gasteiger partial charge in [-0.05, 0) is 18.2 Å². The summed E-state index contributed by atoms with van der Waals surface area (Å²) in [5, 5.41) is 10.2. The summed E-state index contributed by atoms with van der Waals surface area (Å²) in [6, 6.07) is 5.00. The van der Waals surface area contributed by atoms with Gasteiger partial charge in [0.05, 0.1) is 16.8 Å². The number of ether oxygens (including phenoxy) is 1. The number of rotatable bonds is 2. The van der Waals surface area contributed by atoms with Crippen LogP contribution in [0.15, 0.2) is 18.2 Å². The third-order valence-electron chi connectivity index (χ3n) is 2.03. The topological polar surface area (TPSA) is 46.5 Å². The van der Waals surface area contributed by atoms with Gasteiger partial charge in [0.15, 0.2) is 0 Å². The molecule has 1 heterocycles. The van der Waals surface area contributed by atoms with Crippen molar-refractivity contribution < 1.29 is 14.6 Å². The van der Waals surface area contributed by atoms with Crippen LogP contribution < -0.4 is 4.74 Å². The van der Waals surface area contributed by atoms with Crippen molar-refractivity contribution in [3.8, 4) is 5.75 Å². The lowest BCUT2D eigenvalue weighted by Crippen LogP contribution is -1.89. The first kappa shape index (κ1) is 10.3. The number of fused-ring (bicyclic) bond motifs is 1. The van der Waals surface area contributed by atoms with Crippen LogP contribution in [0.4, 0.5) is 0 Å².